The first kappa shape index (κ1) is 13.0. The van der Waals surface area contributed by atoms with Crippen molar-refractivity contribution in [3.05, 3.63) is 29.3 Å². The summed E-state index contributed by atoms with van der Waals surface area (Å²) in [5.74, 6) is 3.99. The molecular weight excluding hydrogens is 248 g/mol. The highest BCUT2D eigenvalue weighted by molar-refractivity contribution is 6.07. The summed E-state index contributed by atoms with van der Waals surface area (Å²) >= 11 is 0. The van der Waals surface area contributed by atoms with Gasteiger partial charge in [-0.25, -0.2) is 0 Å². The van der Waals surface area contributed by atoms with Crippen molar-refractivity contribution in [1.82, 2.24) is 10.2 Å². The van der Waals surface area contributed by atoms with Crippen LogP contribution in [0.4, 0.5) is 5.69 Å². The number of rotatable bonds is 2. The van der Waals surface area contributed by atoms with Crippen molar-refractivity contribution in [3.8, 4) is 0 Å². The predicted molar refractivity (Wildman–Crippen MR) is 68.0 cm³/mol. The van der Waals surface area contributed by atoms with E-state index in [1.165, 1.54) is 4.90 Å². The monoisotopic (exact) mass is 262 g/mol. The summed E-state index contributed by atoms with van der Waals surface area (Å²) < 4.78 is 0. The van der Waals surface area contributed by atoms with Gasteiger partial charge in [-0.2, -0.15) is 0 Å². The van der Waals surface area contributed by atoms with E-state index in [9.17, 15) is 14.4 Å². The van der Waals surface area contributed by atoms with E-state index in [1.807, 2.05) is 6.92 Å². The molecule has 1 aliphatic heterocycles. The molecule has 0 aliphatic carbocycles. The van der Waals surface area contributed by atoms with Gasteiger partial charge >= 0.3 is 0 Å². The number of piperazine rings is 1. The minimum absolute atomic E-state index is 0.136. The van der Waals surface area contributed by atoms with E-state index < -0.39 is 17.7 Å². The van der Waals surface area contributed by atoms with Crippen LogP contribution in [0.2, 0.25) is 0 Å². The number of nitrogens with two attached hydrogens (primary N) is 1. The molecule has 7 nitrogen and oxygen atoms in total. The first-order chi connectivity index (χ1) is 9.01. The number of anilines is 1. The van der Waals surface area contributed by atoms with Crippen LogP contribution in [0.1, 0.15) is 15.9 Å². The molecule has 1 fully saturated rings. The molecule has 7 heteroatoms. The quantitative estimate of drug-likeness (QED) is 0.374. The highest BCUT2D eigenvalue weighted by Crippen LogP contribution is 2.18. The zero-order valence-corrected chi connectivity index (χ0v) is 10.4. The predicted octanol–water partition coefficient (Wildman–Crippen LogP) is -0.621. The fourth-order valence-corrected chi connectivity index (χ4v) is 1.92. The normalized spacial score (nSPS) is 15.2. The number of hydrazine groups is 1. The van der Waals surface area contributed by atoms with Crippen LogP contribution in [0.25, 0.3) is 0 Å². The maximum absolute atomic E-state index is 12.3. The molecule has 1 aromatic carbocycles. The van der Waals surface area contributed by atoms with Crippen LogP contribution in [0.3, 0.4) is 0 Å². The van der Waals surface area contributed by atoms with Gasteiger partial charge in [0.05, 0.1) is 11.3 Å². The number of carbonyl (C=O) groups is 3. The highest BCUT2D eigenvalue weighted by Gasteiger charge is 2.28. The number of amides is 3. The Kier molecular flexibility index (Phi) is 3.48. The van der Waals surface area contributed by atoms with Crippen LogP contribution in [-0.4, -0.2) is 35.7 Å². The standard InChI is InChI=1S/C12H14N4O3/c1-7-2-3-8(9(4-7)15-13)12(19)16-5-10(17)14-11(18)6-16/h2-4,15H,5-6,13H2,1H3,(H,14,17,18). The molecule has 1 heterocycles. The number of aryl methyl sites for hydroxylation is 1. The Morgan fingerprint density at radius 2 is 1.95 bits per heavy atom. The molecule has 3 amide bonds. The fraction of sp³-hybridized carbons (Fsp3) is 0.250. The van der Waals surface area contributed by atoms with Crippen LogP contribution >= 0.6 is 0 Å². The number of carbonyl (C=O) groups excluding carboxylic acids is 3. The van der Waals surface area contributed by atoms with Crippen LogP contribution in [0.5, 0.6) is 0 Å². The number of nitrogen functional groups attached to an aromatic ring is 1. The SMILES string of the molecule is Cc1ccc(C(=O)N2CC(=O)NC(=O)C2)c(NN)c1. The zero-order valence-electron chi connectivity index (χ0n) is 10.4. The van der Waals surface area contributed by atoms with Crippen molar-refractivity contribution in [3.63, 3.8) is 0 Å². The Morgan fingerprint density at radius 3 is 2.53 bits per heavy atom. The van der Waals surface area contributed by atoms with Gasteiger partial charge in [0.15, 0.2) is 0 Å². The lowest BCUT2D eigenvalue weighted by molar-refractivity contribution is -0.135. The van der Waals surface area contributed by atoms with Gasteiger partial charge < -0.3 is 10.3 Å². The summed E-state index contributed by atoms with van der Waals surface area (Å²) in [4.78, 5) is 36.0. The number of hydrogen-bond acceptors (Lipinski definition) is 5. The molecule has 1 aliphatic rings. The molecule has 0 aromatic heterocycles. The minimum Gasteiger partial charge on any atom is -0.323 e. The molecule has 0 spiro atoms. The third-order valence-electron chi connectivity index (χ3n) is 2.80. The van der Waals surface area contributed by atoms with E-state index in [1.54, 1.807) is 18.2 Å². The molecule has 0 unspecified atom stereocenters. The molecule has 2 rings (SSSR count). The van der Waals surface area contributed by atoms with E-state index in [0.29, 0.717) is 11.3 Å². The number of nitrogens with zero attached hydrogens (tertiary/aromatic N) is 1. The van der Waals surface area contributed by atoms with Crippen molar-refractivity contribution in [1.29, 1.82) is 0 Å². The lowest BCUT2D eigenvalue weighted by atomic mass is 10.1. The summed E-state index contributed by atoms with van der Waals surface area (Å²) in [6.45, 7) is 1.60. The Labute approximate surface area is 109 Å². The van der Waals surface area contributed by atoms with E-state index in [2.05, 4.69) is 10.7 Å². The maximum Gasteiger partial charge on any atom is 0.256 e. The van der Waals surface area contributed by atoms with Gasteiger partial charge in [0.1, 0.15) is 13.1 Å². The number of benzene rings is 1. The van der Waals surface area contributed by atoms with E-state index in [-0.39, 0.29) is 13.1 Å². The van der Waals surface area contributed by atoms with Crippen molar-refractivity contribution >= 4 is 23.4 Å². The Bertz CT molecular complexity index is 540. The van der Waals surface area contributed by atoms with Gasteiger partial charge in [0.2, 0.25) is 11.8 Å². The third-order valence-corrected chi connectivity index (χ3v) is 2.80. The molecule has 0 atom stereocenters. The molecule has 0 bridgehead atoms. The van der Waals surface area contributed by atoms with Gasteiger partial charge in [-0.05, 0) is 24.6 Å². The van der Waals surface area contributed by atoms with Crippen molar-refractivity contribution in [2.24, 2.45) is 5.84 Å². The van der Waals surface area contributed by atoms with Crippen LogP contribution in [-0.2, 0) is 9.59 Å². The average Bonchev–Trinajstić information content (AvgIpc) is 2.36. The lowest BCUT2D eigenvalue weighted by Gasteiger charge is -2.26. The number of hydrogen-bond donors (Lipinski definition) is 3. The van der Waals surface area contributed by atoms with E-state index in [0.717, 1.165) is 5.56 Å². The molecule has 19 heavy (non-hydrogen) atoms. The van der Waals surface area contributed by atoms with Crippen molar-refractivity contribution in [2.45, 2.75) is 6.92 Å². The first-order valence-corrected chi connectivity index (χ1v) is 5.70. The summed E-state index contributed by atoms with van der Waals surface area (Å²) in [6.07, 6.45) is 0. The highest BCUT2D eigenvalue weighted by atomic mass is 16.2. The zero-order chi connectivity index (χ0) is 14.0. The van der Waals surface area contributed by atoms with Crippen LogP contribution in [0, 0.1) is 6.92 Å². The molecule has 1 saturated heterocycles. The van der Waals surface area contributed by atoms with E-state index in [4.69, 9.17) is 5.84 Å². The smallest absolute Gasteiger partial charge is 0.256 e. The van der Waals surface area contributed by atoms with Gasteiger partial charge in [0, 0.05) is 0 Å². The summed E-state index contributed by atoms with van der Waals surface area (Å²) in [7, 11) is 0. The number of nitrogens with one attached hydrogen (secondary N) is 2. The second-order valence-corrected chi connectivity index (χ2v) is 4.33. The van der Waals surface area contributed by atoms with Gasteiger partial charge in [-0.3, -0.25) is 25.5 Å². The summed E-state index contributed by atoms with van der Waals surface area (Å²) in [5, 5.41) is 2.14. The van der Waals surface area contributed by atoms with Gasteiger partial charge in [-0.1, -0.05) is 6.07 Å². The molecule has 1 aromatic rings. The molecule has 0 saturated carbocycles. The van der Waals surface area contributed by atoms with Crippen molar-refractivity contribution < 1.29 is 14.4 Å². The topological polar surface area (TPSA) is 105 Å². The largest absolute Gasteiger partial charge is 0.323 e. The van der Waals surface area contributed by atoms with E-state index >= 15 is 0 Å². The Balaban J connectivity index is 2.28. The van der Waals surface area contributed by atoms with Crippen LogP contribution < -0.4 is 16.6 Å². The second-order valence-electron chi connectivity index (χ2n) is 4.33. The minimum atomic E-state index is -0.487. The third kappa shape index (κ3) is 2.71. The van der Waals surface area contributed by atoms with Gasteiger partial charge in [-0.15, -0.1) is 0 Å². The van der Waals surface area contributed by atoms with Crippen LogP contribution in [0.15, 0.2) is 18.2 Å². The number of imide groups is 1. The fourth-order valence-electron chi connectivity index (χ4n) is 1.92. The second kappa shape index (κ2) is 5.07. The first-order valence-electron chi connectivity index (χ1n) is 5.70. The summed E-state index contributed by atoms with van der Waals surface area (Å²) in [6, 6.07) is 5.10. The Hall–Kier alpha value is -2.41. The lowest BCUT2D eigenvalue weighted by Crippen LogP contribution is -2.53. The maximum atomic E-state index is 12.3. The van der Waals surface area contributed by atoms with Crippen molar-refractivity contribution in [2.75, 3.05) is 18.5 Å². The van der Waals surface area contributed by atoms with Gasteiger partial charge in [0.25, 0.3) is 5.91 Å². The molecule has 100 valence electrons. The molecular formula is C12H14N4O3. The Morgan fingerprint density at radius 1 is 1.32 bits per heavy atom. The average molecular weight is 262 g/mol. The molecule has 0 radical (unpaired) electrons. The summed E-state index contributed by atoms with van der Waals surface area (Å²) in [5.41, 5.74) is 4.18. The molecule has 4 N–H and O–H groups in total.